The molecule has 0 aromatic carbocycles. The first kappa shape index (κ1) is 23.4. The quantitative estimate of drug-likeness (QED) is 0.365. The van der Waals surface area contributed by atoms with Crippen molar-refractivity contribution >= 4 is 5.91 Å². The van der Waals surface area contributed by atoms with E-state index in [9.17, 15) is 15.0 Å². The lowest BCUT2D eigenvalue weighted by Gasteiger charge is -2.24. The SMILES string of the molecule is CCCCCCCCCCCCCC[C@H](O)[C@H](O)[C@H](C)NC(C)=O. The van der Waals surface area contributed by atoms with Gasteiger partial charge in [0.25, 0.3) is 0 Å². The van der Waals surface area contributed by atoms with E-state index in [1.54, 1.807) is 6.92 Å². The summed E-state index contributed by atoms with van der Waals surface area (Å²) in [6.45, 7) is 5.39. The van der Waals surface area contributed by atoms with Gasteiger partial charge in [-0.15, -0.1) is 0 Å². The van der Waals surface area contributed by atoms with Crippen molar-refractivity contribution < 1.29 is 15.0 Å². The Labute approximate surface area is 149 Å². The highest BCUT2D eigenvalue weighted by atomic mass is 16.3. The molecule has 1 amide bonds. The Bertz CT molecular complexity index is 297. The van der Waals surface area contributed by atoms with Crippen molar-refractivity contribution in [1.29, 1.82) is 0 Å². The maximum absolute atomic E-state index is 11.0. The van der Waals surface area contributed by atoms with E-state index in [-0.39, 0.29) is 5.91 Å². The number of carbonyl (C=O) groups is 1. The van der Waals surface area contributed by atoms with Gasteiger partial charge in [-0.2, -0.15) is 0 Å². The summed E-state index contributed by atoms with van der Waals surface area (Å²) in [6, 6.07) is -0.408. The van der Waals surface area contributed by atoms with Crippen LogP contribution in [0.4, 0.5) is 0 Å². The average Bonchev–Trinajstić information content (AvgIpc) is 2.54. The number of unbranched alkanes of at least 4 members (excludes halogenated alkanes) is 11. The smallest absolute Gasteiger partial charge is 0.217 e. The number of nitrogens with one attached hydrogen (secondary N) is 1. The topological polar surface area (TPSA) is 69.6 Å². The number of carbonyl (C=O) groups excluding carboxylic acids is 1. The van der Waals surface area contributed by atoms with E-state index in [1.165, 1.54) is 71.1 Å². The van der Waals surface area contributed by atoms with Gasteiger partial charge in [0.05, 0.1) is 18.2 Å². The third-order valence-corrected chi connectivity index (χ3v) is 4.69. The maximum atomic E-state index is 11.0. The maximum Gasteiger partial charge on any atom is 0.217 e. The molecule has 0 saturated heterocycles. The Balaban J connectivity index is 3.41. The molecular formula is C20H41NO3. The summed E-state index contributed by atoms with van der Waals surface area (Å²) in [5, 5.41) is 22.5. The molecule has 144 valence electrons. The van der Waals surface area contributed by atoms with Crippen LogP contribution in [0.1, 0.15) is 104 Å². The number of hydrogen-bond acceptors (Lipinski definition) is 3. The zero-order valence-corrected chi connectivity index (χ0v) is 16.2. The molecule has 0 aliphatic rings. The van der Waals surface area contributed by atoms with Crippen molar-refractivity contribution in [1.82, 2.24) is 5.32 Å². The van der Waals surface area contributed by atoms with Gasteiger partial charge in [0.15, 0.2) is 0 Å². The molecule has 24 heavy (non-hydrogen) atoms. The van der Waals surface area contributed by atoms with Crippen LogP contribution in [0, 0.1) is 0 Å². The molecule has 0 bridgehead atoms. The van der Waals surface area contributed by atoms with Gasteiger partial charge in [-0.3, -0.25) is 4.79 Å². The number of rotatable bonds is 16. The van der Waals surface area contributed by atoms with Crippen LogP contribution in [0.5, 0.6) is 0 Å². The molecule has 0 saturated carbocycles. The van der Waals surface area contributed by atoms with Gasteiger partial charge in [0, 0.05) is 6.92 Å². The zero-order valence-electron chi connectivity index (χ0n) is 16.2. The van der Waals surface area contributed by atoms with Crippen molar-refractivity contribution in [3.63, 3.8) is 0 Å². The van der Waals surface area contributed by atoms with Crippen molar-refractivity contribution in [2.24, 2.45) is 0 Å². The van der Waals surface area contributed by atoms with E-state index in [1.807, 2.05) is 0 Å². The van der Waals surface area contributed by atoms with Gasteiger partial charge in [-0.1, -0.05) is 84.0 Å². The third kappa shape index (κ3) is 13.8. The molecule has 3 N–H and O–H groups in total. The number of aliphatic hydroxyl groups is 2. The number of amides is 1. The standard InChI is InChI=1S/C20H41NO3/c1-4-5-6-7-8-9-10-11-12-13-14-15-16-19(23)20(24)17(2)21-18(3)22/h17,19-20,23-24H,4-16H2,1-3H3,(H,21,22)/t17-,19-,20+/m0/s1. The van der Waals surface area contributed by atoms with Crippen LogP contribution in [0.25, 0.3) is 0 Å². The Hall–Kier alpha value is -0.610. The molecular weight excluding hydrogens is 302 g/mol. The van der Waals surface area contributed by atoms with Gasteiger partial charge in [-0.05, 0) is 13.3 Å². The molecule has 0 aromatic heterocycles. The van der Waals surface area contributed by atoms with Crippen LogP contribution in [-0.2, 0) is 4.79 Å². The highest BCUT2D eigenvalue weighted by Crippen LogP contribution is 2.14. The molecule has 0 aliphatic carbocycles. The van der Waals surface area contributed by atoms with E-state index in [0.717, 1.165) is 12.8 Å². The molecule has 0 fully saturated rings. The second-order valence-electron chi connectivity index (χ2n) is 7.22. The van der Waals surface area contributed by atoms with Crippen LogP contribution in [0.3, 0.4) is 0 Å². The van der Waals surface area contributed by atoms with Crippen molar-refractivity contribution in [3.05, 3.63) is 0 Å². The predicted octanol–water partition coefficient (Wildman–Crippen LogP) is 4.32. The first-order valence-corrected chi connectivity index (χ1v) is 10.1. The molecule has 3 atom stereocenters. The second-order valence-corrected chi connectivity index (χ2v) is 7.22. The van der Waals surface area contributed by atoms with Gasteiger partial charge in [-0.25, -0.2) is 0 Å². The summed E-state index contributed by atoms with van der Waals surface area (Å²) in [5.74, 6) is -0.181. The summed E-state index contributed by atoms with van der Waals surface area (Å²) in [5.41, 5.74) is 0. The Kier molecular flexibility index (Phi) is 15.5. The highest BCUT2D eigenvalue weighted by Gasteiger charge is 2.22. The minimum atomic E-state index is -0.887. The van der Waals surface area contributed by atoms with E-state index in [0.29, 0.717) is 6.42 Å². The molecule has 0 radical (unpaired) electrons. The minimum absolute atomic E-state index is 0.181. The normalized spacial score (nSPS) is 15.0. The van der Waals surface area contributed by atoms with E-state index >= 15 is 0 Å². The summed E-state index contributed by atoms with van der Waals surface area (Å²) < 4.78 is 0. The zero-order chi connectivity index (χ0) is 18.2. The molecule has 0 rings (SSSR count). The van der Waals surface area contributed by atoms with E-state index in [4.69, 9.17) is 0 Å². The van der Waals surface area contributed by atoms with Crippen LogP contribution < -0.4 is 5.32 Å². The lowest BCUT2D eigenvalue weighted by atomic mass is 10.00. The first-order valence-electron chi connectivity index (χ1n) is 10.1. The van der Waals surface area contributed by atoms with E-state index in [2.05, 4.69) is 12.2 Å². The summed E-state index contributed by atoms with van der Waals surface area (Å²) in [6.07, 6.45) is 14.4. The molecule has 4 nitrogen and oxygen atoms in total. The van der Waals surface area contributed by atoms with Gasteiger partial charge < -0.3 is 15.5 Å². The Morgan fingerprint density at radius 2 is 1.25 bits per heavy atom. The van der Waals surface area contributed by atoms with E-state index < -0.39 is 18.2 Å². The fourth-order valence-corrected chi connectivity index (χ4v) is 3.10. The van der Waals surface area contributed by atoms with Crippen LogP contribution in [0.2, 0.25) is 0 Å². The monoisotopic (exact) mass is 343 g/mol. The van der Waals surface area contributed by atoms with Crippen molar-refractivity contribution in [2.45, 2.75) is 122 Å². The molecule has 4 heteroatoms. The van der Waals surface area contributed by atoms with Crippen LogP contribution in [0.15, 0.2) is 0 Å². The number of aliphatic hydroxyl groups excluding tert-OH is 2. The van der Waals surface area contributed by atoms with Gasteiger partial charge in [0.1, 0.15) is 0 Å². The fourth-order valence-electron chi connectivity index (χ4n) is 3.10. The minimum Gasteiger partial charge on any atom is -0.390 e. The largest absolute Gasteiger partial charge is 0.390 e. The number of hydrogen-bond donors (Lipinski definition) is 3. The van der Waals surface area contributed by atoms with Crippen molar-refractivity contribution in [2.75, 3.05) is 0 Å². The van der Waals surface area contributed by atoms with Gasteiger partial charge >= 0.3 is 0 Å². The summed E-state index contributed by atoms with van der Waals surface area (Å²) in [7, 11) is 0. The average molecular weight is 344 g/mol. The van der Waals surface area contributed by atoms with Crippen LogP contribution >= 0.6 is 0 Å². The molecule has 0 aromatic rings. The molecule has 0 unspecified atom stereocenters. The second kappa shape index (κ2) is 15.9. The fraction of sp³-hybridized carbons (Fsp3) is 0.950. The predicted molar refractivity (Wildman–Crippen MR) is 101 cm³/mol. The van der Waals surface area contributed by atoms with Crippen molar-refractivity contribution in [3.8, 4) is 0 Å². The summed E-state index contributed by atoms with van der Waals surface area (Å²) in [4.78, 5) is 11.0. The molecule has 0 spiro atoms. The van der Waals surface area contributed by atoms with Crippen LogP contribution in [-0.4, -0.2) is 34.4 Å². The lowest BCUT2D eigenvalue weighted by molar-refractivity contribution is -0.121. The Morgan fingerprint density at radius 3 is 1.67 bits per heavy atom. The first-order chi connectivity index (χ1) is 11.5. The molecule has 0 heterocycles. The Morgan fingerprint density at radius 1 is 0.833 bits per heavy atom. The third-order valence-electron chi connectivity index (χ3n) is 4.69. The summed E-state index contributed by atoms with van der Waals surface area (Å²) >= 11 is 0. The molecule has 0 aliphatic heterocycles. The van der Waals surface area contributed by atoms with Gasteiger partial charge in [0.2, 0.25) is 5.91 Å². The lowest BCUT2D eigenvalue weighted by Crippen LogP contribution is -2.46. The highest BCUT2D eigenvalue weighted by molar-refractivity contribution is 5.73.